The van der Waals surface area contributed by atoms with E-state index in [-0.39, 0.29) is 22.5 Å². The second-order valence-electron chi connectivity index (χ2n) is 8.54. The number of rotatable bonds is 0. The van der Waals surface area contributed by atoms with E-state index in [4.69, 9.17) is 0 Å². The smallest absolute Gasteiger partial charge is 0.155 e. The molecule has 0 unspecified atom stereocenters. The van der Waals surface area contributed by atoms with Crippen LogP contribution in [0.3, 0.4) is 0 Å². The van der Waals surface area contributed by atoms with E-state index in [2.05, 4.69) is 13.8 Å². The fraction of sp³-hybridized carbons (Fsp3) is 0.789. The van der Waals surface area contributed by atoms with Crippen molar-refractivity contribution in [3.63, 3.8) is 0 Å². The summed E-state index contributed by atoms with van der Waals surface area (Å²) >= 11 is 0. The Balaban J connectivity index is 1.75. The minimum atomic E-state index is -0.407. The molecule has 0 aromatic rings. The fourth-order valence-corrected chi connectivity index (χ4v) is 6.46. The first-order valence-corrected chi connectivity index (χ1v) is 8.81. The molecule has 4 rings (SSSR count). The highest BCUT2D eigenvalue weighted by molar-refractivity contribution is 5.91. The average Bonchev–Trinajstić information content (AvgIpc) is 2.75. The Labute approximate surface area is 132 Å². The molecule has 3 nitrogen and oxygen atoms in total. The highest BCUT2D eigenvalue weighted by atomic mass is 16.3. The van der Waals surface area contributed by atoms with Gasteiger partial charge in [-0.3, -0.25) is 9.59 Å². The molecule has 0 bridgehead atoms. The number of allylic oxidation sites excluding steroid dienone is 1. The zero-order chi connectivity index (χ0) is 15.7. The first-order chi connectivity index (χ1) is 10.4. The van der Waals surface area contributed by atoms with Crippen LogP contribution in [0.4, 0.5) is 0 Å². The van der Waals surface area contributed by atoms with E-state index in [0.717, 1.165) is 25.7 Å². The summed E-state index contributed by atoms with van der Waals surface area (Å²) in [5.74, 6) is 1.71. The minimum absolute atomic E-state index is 0.0385. The van der Waals surface area contributed by atoms with E-state index < -0.39 is 6.10 Å². The van der Waals surface area contributed by atoms with Crippen LogP contribution >= 0.6 is 0 Å². The summed E-state index contributed by atoms with van der Waals surface area (Å²) in [5, 5.41) is 10.9. The van der Waals surface area contributed by atoms with Gasteiger partial charge < -0.3 is 5.11 Å². The molecular weight excluding hydrogens is 276 g/mol. The Morgan fingerprint density at radius 1 is 1.09 bits per heavy atom. The molecule has 4 aliphatic carbocycles. The van der Waals surface area contributed by atoms with E-state index in [1.54, 1.807) is 0 Å². The number of carbonyl (C=O) groups is 2. The molecule has 0 saturated heterocycles. The summed E-state index contributed by atoms with van der Waals surface area (Å²) in [4.78, 5) is 24.2. The molecule has 0 aromatic heterocycles. The maximum absolute atomic E-state index is 12.4. The average molecular weight is 302 g/mol. The molecule has 0 aromatic carbocycles. The lowest BCUT2D eigenvalue weighted by molar-refractivity contribution is -0.147. The molecule has 0 amide bonds. The number of hydrogen-bond donors (Lipinski definition) is 1. The predicted molar refractivity (Wildman–Crippen MR) is 83.1 cm³/mol. The topological polar surface area (TPSA) is 54.4 Å². The fourth-order valence-electron chi connectivity index (χ4n) is 6.46. The summed E-state index contributed by atoms with van der Waals surface area (Å²) in [6, 6.07) is 0. The molecule has 3 fully saturated rings. The van der Waals surface area contributed by atoms with Gasteiger partial charge in [-0.2, -0.15) is 0 Å². The Bertz CT molecular complexity index is 577. The SMILES string of the molecule is C[C@@]12CCC(=O)C=C1CC[C@H]1[C@H]2[C@H](O)C[C@]2(C)C(=O)CC[C@@H]12. The maximum atomic E-state index is 12.4. The molecule has 4 aliphatic rings. The van der Waals surface area contributed by atoms with Crippen LogP contribution in [0.5, 0.6) is 0 Å². The number of ketones is 2. The quantitative estimate of drug-likeness (QED) is 0.748. The van der Waals surface area contributed by atoms with Crippen LogP contribution in [0.25, 0.3) is 0 Å². The van der Waals surface area contributed by atoms with Crippen LogP contribution in [-0.4, -0.2) is 22.8 Å². The van der Waals surface area contributed by atoms with E-state index >= 15 is 0 Å². The van der Waals surface area contributed by atoms with Crippen molar-refractivity contribution in [3.8, 4) is 0 Å². The van der Waals surface area contributed by atoms with Crippen LogP contribution in [0.2, 0.25) is 0 Å². The molecule has 22 heavy (non-hydrogen) atoms. The monoisotopic (exact) mass is 302 g/mol. The number of carbonyl (C=O) groups excluding carboxylic acids is 2. The van der Waals surface area contributed by atoms with Gasteiger partial charge in [0.15, 0.2) is 5.78 Å². The summed E-state index contributed by atoms with van der Waals surface area (Å²) < 4.78 is 0. The normalized spacial score (nSPS) is 51.0. The molecule has 6 atom stereocenters. The van der Waals surface area contributed by atoms with Gasteiger partial charge >= 0.3 is 0 Å². The molecule has 0 radical (unpaired) electrons. The van der Waals surface area contributed by atoms with Gasteiger partial charge in [0.25, 0.3) is 0 Å². The number of hydrogen-bond acceptors (Lipinski definition) is 3. The van der Waals surface area contributed by atoms with Crippen molar-refractivity contribution in [2.75, 3.05) is 0 Å². The van der Waals surface area contributed by atoms with Crippen LogP contribution in [0.15, 0.2) is 11.6 Å². The summed E-state index contributed by atoms with van der Waals surface area (Å²) in [7, 11) is 0. The van der Waals surface area contributed by atoms with Gasteiger partial charge in [0.2, 0.25) is 0 Å². The first-order valence-electron chi connectivity index (χ1n) is 8.81. The first kappa shape index (κ1) is 14.6. The van der Waals surface area contributed by atoms with E-state index in [1.807, 2.05) is 6.08 Å². The Morgan fingerprint density at radius 3 is 2.64 bits per heavy atom. The van der Waals surface area contributed by atoms with Crippen molar-refractivity contribution in [2.45, 2.75) is 64.9 Å². The largest absolute Gasteiger partial charge is 0.393 e. The van der Waals surface area contributed by atoms with Crippen molar-refractivity contribution >= 4 is 11.6 Å². The van der Waals surface area contributed by atoms with Crippen LogP contribution in [-0.2, 0) is 9.59 Å². The van der Waals surface area contributed by atoms with Crippen LogP contribution < -0.4 is 0 Å². The Morgan fingerprint density at radius 2 is 1.86 bits per heavy atom. The van der Waals surface area contributed by atoms with Gasteiger partial charge in [-0.1, -0.05) is 19.4 Å². The molecule has 0 heterocycles. The highest BCUT2D eigenvalue weighted by Crippen LogP contribution is 2.64. The zero-order valence-electron chi connectivity index (χ0n) is 13.6. The molecular formula is C19H26O3. The van der Waals surface area contributed by atoms with Gasteiger partial charge in [-0.15, -0.1) is 0 Å². The van der Waals surface area contributed by atoms with Crippen LogP contribution in [0, 0.1) is 28.6 Å². The molecule has 1 N–H and O–H groups in total. The van der Waals surface area contributed by atoms with Crippen molar-refractivity contribution in [3.05, 3.63) is 11.6 Å². The van der Waals surface area contributed by atoms with Gasteiger partial charge in [0.05, 0.1) is 6.10 Å². The highest BCUT2D eigenvalue weighted by Gasteiger charge is 2.61. The minimum Gasteiger partial charge on any atom is -0.393 e. The molecule has 0 aliphatic heterocycles. The lowest BCUT2D eigenvalue weighted by atomic mass is 9.46. The van der Waals surface area contributed by atoms with Gasteiger partial charge in [0, 0.05) is 18.3 Å². The third-order valence-corrected chi connectivity index (χ3v) is 7.61. The second-order valence-corrected chi connectivity index (χ2v) is 8.54. The van der Waals surface area contributed by atoms with Gasteiger partial charge in [0.1, 0.15) is 5.78 Å². The standard InChI is InChI=1S/C19H26O3/c1-18-8-7-12(20)9-11(18)3-4-13-14-5-6-16(22)19(14,2)10-15(21)17(13)18/h9,13-15,17,21H,3-8,10H2,1-2H3/t13-,14+,15-,17+,18-,19+/m1/s1. The van der Waals surface area contributed by atoms with Crippen molar-refractivity contribution in [1.29, 1.82) is 0 Å². The van der Waals surface area contributed by atoms with Crippen molar-refractivity contribution < 1.29 is 14.7 Å². The summed E-state index contributed by atoms with van der Waals surface area (Å²) in [6.07, 6.45) is 7.24. The third kappa shape index (κ3) is 1.72. The predicted octanol–water partition coefficient (Wildman–Crippen LogP) is 3.06. The van der Waals surface area contributed by atoms with Crippen molar-refractivity contribution in [2.24, 2.45) is 28.6 Å². The molecule has 3 heteroatoms. The Kier molecular flexibility index (Phi) is 3.01. The maximum Gasteiger partial charge on any atom is 0.155 e. The molecule has 0 spiro atoms. The number of fused-ring (bicyclic) bond motifs is 5. The number of aliphatic hydroxyl groups excluding tert-OH is 1. The molecule has 3 saturated carbocycles. The second kappa shape index (κ2) is 4.53. The van der Waals surface area contributed by atoms with E-state index in [0.29, 0.717) is 36.9 Å². The number of Topliss-reactive ketones (excluding diaryl/α,β-unsaturated/α-hetero) is 1. The number of aliphatic hydroxyl groups is 1. The van der Waals surface area contributed by atoms with Gasteiger partial charge in [-0.05, 0) is 61.3 Å². The summed E-state index contributed by atoms with van der Waals surface area (Å²) in [6.45, 7) is 4.34. The van der Waals surface area contributed by atoms with E-state index in [9.17, 15) is 14.7 Å². The zero-order valence-corrected chi connectivity index (χ0v) is 13.6. The van der Waals surface area contributed by atoms with E-state index in [1.165, 1.54) is 5.57 Å². The summed E-state index contributed by atoms with van der Waals surface area (Å²) in [5.41, 5.74) is 0.920. The lowest BCUT2D eigenvalue weighted by Gasteiger charge is -2.58. The Hall–Kier alpha value is -0.960. The van der Waals surface area contributed by atoms with Crippen LogP contribution in [0.1, 0.15) is 58.8 Å². The third-order valence-electron chi connectivity index (χ3n) is 7.61. The van der Waals surface area contributed by atoms with Crippen molar-refractivity contribution in [1.82, 2.24) is 0 Å². The molecule has 120 valence electrons. The van der Waals surface area contributed by atoms with Gasteiger partial charge in [-0.25, -0.2) is 0 Å². The lowest BCUT2D eigenvalue weighted by Crippen LogP contribution is -2.56.